The summed E-state index contributed by atoms with van der Waals surface area (Å²) in [7, 11) is 0. The number of carboxylic acids is 1. The van der Waals surface area contributed by atoms with Gasteiger partial charge < -0.3 is 5.11 Å². The van der Waals surface area contributed by atoms with Crippen molar-refractivity contribution in [2.75, 3.05) is 0 Å². The van der Waals surface area contributed by atoms with Crippen molar-refractivity contribution in [2.45, 2.75) is 12.3 Å². The van der Waals surface area contributed by atoms with E-state index in [2.05, 4.69) is 0 Å². The summed E-state index contributed by atoms with van der Waals surface area (Å²) in [6.45, 7) is 0. The van der Waals surface area contributed by atoms with Crippen LogP contribution in [0.15, 0.2) is 12.1 Å². The van der Waals surface area contributed by atoms with Gasteiger partial charge in [-0.2, -0.15) is 0 Å². The van der Waals surface area contributed by atoms with Crippen molar-refractivity contribution in [3.05, 3.63) is 34.4 Å². The third-order valence-corrected chi connectivity index (χ3v) is 2.92. The van der Waals surface area contributed by atoms with Crippen LogP contribution in [-0.2, 0) is 4.79 Å². The minimum Gasteiger partial charge on any atom is -0.481 e. The fraction of sp³-hybridized carbons (Fsp3) is 0.300. The molecule has 1 aromatic carbocycles. The molecule has 0 spiro atoms. The van der Waals surface area contributed by atoms with Crippen molar-refractivity contribution >= 4 is 17.6 Å². The van der Waals surface area contributed by atoms with Crippen molar-refractivity contribution in [3.63, 3.8) is 0 Å². The van der Waals surface area contributed by atoms with Gasteiger partial charge in [-0.1, -0.05) is 17.7 Å². The first-order valence-corrected chi connectivity index (χ1v) is 4.76. The van der Waals surface area contributed by atoms with Gasteiger partial charge in [0, 0.05) is 5.92 Å². The second-order valence-corrected chi connectivity index (χ2v) is 3.93. The van der Waals surface area contributed by atoms with Crippen molar-refractivity contribution in [1.82, 2.24) is 0 Å². The van der Waals surface area contributed by atoms with Gasteiger partial charge in [-0.3, -0.25) is 4.79 Å². The van der Waals surface area contributed by atoms with Crippen LogP contribution in [-0.4, -0.2) is 11.1 Å². The van der Waals surface area contributed by atoms with Crippen molar-refractivity contribution in [3.8, 4) is 0 Å². The quantitative estimate of drug-likeness (QED) is 0.796. The van der Waals surface area contributed by atoms with Crippen LogP contribution in [0.1, 0.15) is 17.9 Å². The maximum absolute atomic E-state index is 13.4. The van der Waals surface area contributed by atoms with E-state index in [-0.39, 0.29) is 11.5 Å². The number of aliphatic carboxylic acids is 1. The molecule has 2 unspecified atom stereocenters. The molecule has 5 heteroatoms. The first-order valence-electron chi connectivity index (χ1n) is 4.38. The van der Waals surface area contributed by atoms with Gasteiger partial charge in [0.15, 0.2) is 0 Å². The molecule has 1 aliphatic rings. The van der Waals surface area contributed by atoms with Crippen LogP contribution < -0.4 is 0 Å². The van der Waals surface area contributed by atoms with Gasteiger partial charge >= 0.3 is 5.97 Å². The monoisotopic (exact) mass is 232 g/mol. The number of hydrogen-bond acceptors (Lipinski definition) is 1. The third kappa shape index (κ3) is 1.69. The van der Waals surface area contributed by atoms with Crippen LogP contribution in [0.3, 0.4) is 0 Å². The average Bonchev–Trinajstić information content (AvgIpc) is 2.94. The molecule has 0 aromatic heterocycles. The van der Waals surface area contributed by atoms with E-state index in [4.69, 9.17) is 16.7 Å². The number of carboxylic acid groups (broad SMARTS) is 1. The number of benzene rings is 1. The summed E-state index contributed by atoms with van der Waals surface area (Å²) >= 11 is 5.38. The molecule has 80 valence electrons. The zero-order chi connectivity index (χ0) is 11.2. The number of carbonyl (C=O) groups is 1. The van der Waals surface area contributed by atoms with Crippen LogP contribution in [0.25, 0.3) is 0 Å². The Morgan fingerprint density at radius 2 is 2.13 bits per heavy atom. The topological polar surface area (TPSA) is 37.3 Å². The van der Waals surface area contributed by atoms with Crippen molar-refractivity contribution in [2.24, 2.45) is 5.92 Å². The molecule has 0 radical (unpaired) electrons. The highest BCUT2D eigenvalue weighted by Crippen LogP contribution is 2.49. The van der Waals surface area contributed by atoms with E-state index in [1.54, 1.807) is 0 Å². The van der Waals surface area contributed by atoms with E-state index in [0.717, 1.165) is 6.07 Å². The summed E-state index contributed by atoms with van der Waals surface area (Å²) in [4.78, 5) is 10.6. The minimum atomic E-state index is -0.958. The fourth-order valence-electron chi connectivity index (χ4n) is 1.64. The second kappa shape index (κ2) is 3.45. The maximum atomic E-state index is 13.4. The van der Waals surface area contributed by atoms with E-state index in [0.29, 0.717) is 6.42 Å². The number of rotatable bonds is 2. The van der Waals surface area contributed by atoms with Gasteiger partial charge in [-0.15, -0.1) is 0 Å². The molecule has 1 saturated carbocycles. The fourth-order valence-corrected chi connectivity index (χ4v) is 1.81. The molecular formula is C10H7ClF2O2. The highest BCUT2D eigenvalue weighted by atomic mass is 35.5. The molecule has 2 atom stereocenters. The second-order valence-electron chi connectivity index (χ2n) is 3.55. The lowest BCUT2D eigenvalue weighted by molar-refractivity contribution is -0.138. The summed E-state index contributed by atoms with van der Waals surface area (Å²) in [6, 6.07) is 2.31. The standard InChI is InChI=1S/C10H7ClF2O2/c11-8-7(12)2-1-4(9(8)13)5-3-6(5)10(14)15/h1-2,5-6H,3H2,(H,14,15). The summed E-state index contributed by atoms with van der Waals surface area (Å²) in [5.74, 6) is -3.57. The van der Waals surface area contributed by atoms with Gasteiger partial charge in [-0.25, -0.2) is 8.78 Å². The molecule has 1 aliphatic carbocycles. The summed E-state index contributed by atoms with van der Waals surface area (Å²) < 4.78 is 26.2. The van der Waals surface area contributed by atoms with Crippen molar-refractivity contribution < 1.29 is 18.7 Å². The first kappa shape index (κ1) is 10.4. The number of halogens is 3. The highest BCUT2D eigenvalue weighted by Gasteiger charge is 2.45. The minimum absolute atomic E-state index is 0.189. The van der Waals surface area contributed by atoms with E-state index in [9.17, 15) is 13.6 Å². The van der Waals surface area contributed by atoms with Crippen LogP contribution in [0.5, 0.6) is 0 Å². The van der Waals surface area contributed by atoms with Crippen LogP contribution >= 0.6 is 11.6 Å². The zero-order valence-electron chi connectivity index (χ0n) is 7.51. The Hall–Kier alpha value is -1.16. The summed E-state index contributed by atoms with van der Waals surface area (Å²) in [5.41, 5.74) is 0.189. The molecule has 1 fully saturated rings. The molecule has 1 aromatic rings. The molecule has 0 aliphatic heterocycles. The Morgan fingerprint density at radius 1 is 1.47 bits per heavy atom. The van der Waals surface area contributed by atoms with Gasteiger partial charge in [0.25, 0.3) is 0 Å². The Bertz CT molecular complexity index is 434. The van der Waals surface area contributed by atoms with Crippen molar-refractivity contribution in [1.29, 1.82) is 0 Å². The summed E-state index contributed by atoms with van der Waals surface area (Å²) in [5, 5.41) is 8.10. The average molecular weight is 233 g/mol. The smallest absolute Gasteiger partial charge is 0.307 e. The largest absolute Gasteiger partial charge is 0.481 e. The molecule has 15 heavy (non-hydrogen) atoms. The lowest BCUT2D eigenvalue weighted by Gasteiger charge is -2.03. The Labute approximate surface area is 89.5 Å². The SMILES string of the molecule is O=C(O)C1CC1c1ccc(F)c(Cl)c1F. The highest BCUT2D eigenvalue weighted by molar-refractivity contribution is 6.31. The van der Waals surface area contributed by atoms with E-state index < -0.39 is 28.5 Å². The molecule has 1 N–H and O–H groups in total. The summed E-state index contributed by atoms with van der Waals surface area (Å²) in [6.07, 6.45) is 0.383. The third-order valence-electron chi connectivity index (χ3n) is 2.57. The van der Waals surface area contributed by atoms with Crippen LogP contribution in [0.4, 0.5) is 8.78 Å². The molecule has 0 saturated heterocycles. The molecule has 2 rings (SSSR count). The van der Waals surface area contributed by atoms with E-state index in [1.165, 1.54) is 6.07 Å². The van der Waals surface area contributed by atoms with E-state index in [1.807, 2.05) is 0 Å². The Balaban J connectivity index is 2.32. The predicted molar refractivity (Wildman–Crippen MR) is 49.9 cm³/mol. The van der Waals surface area contributed by atoms with Gasteiger partial charge in [0.1, 0.15) is 16.7 Å². The molecule has 0 amide bonds. The maximum Gasteiger partial charge on any atom is 0.307 e. The normalized spacial score (nSPS) is 23.9. The first-order chi connectivity index (χ1) is 7.02. The molecule has 0 heterocycles. The van der Waals surface area contributed by atoms with Crippen LogP contribution in [0, 0.1) is 17.6 Å². The predicted octanol–water partition coefficient (Wildman–Crippen LogP) is 2.81. The van der Waals surface area contributed by atoms with Gasteiger partial charge in [-0.05, 0) is 18.1 Å². The molecule has 2 nitrogen and oxygen atoms in total. The van der Waals surface area contributed by atoms with Crippen LogP contribution in [0.2, 0.25) is 5.02 Å². The molecular weight excluding hydrogens is 226 g/mol. The van der Waals surface area contributed by atoms with Gasteiger partial charge in [0.05, 0.1) is 5.92 Å². The lowest BCUT2D eigenvalue weighted by atomic mass is 10.1. The lowest BCUT2D eigenvalue weighted by Crippen LogP contribution is -2.00. The van der Waals surface area contributed by atoms with Gasteiger partial charge in [0.2, 0.25) is 0 Å². The zero-order valence-corrected chi connectivity index (χ0v) is 8.26. The Kier molecular flexibility index (Phi) is 2.38. The number of hydrogen-bond donors (Lipinski definition) is 1. The molecule has 0 bridgehead atoms. The Morgan fingerprint density at radius 3 is 2.67 bits per heavy atom. The van der Waals surface area contributed by atoms with E-state index >= 15 is 0 Å².